The van der Waals surface area contributed by atoms with Crippen LogP contribution in [-0.2, 0) is 6.54 Å². The lowest BCUT2D eigenvalue weighted by atomic mass is 10.2. The van der Waals surface area contributed by atoms with Crippen LogP contribution in [0.3, 0.4) is 0 Å². The van der Waals surface area contributed by atoms with Crippen LogP contribution in [0.15, 0.2) is 36.7 Å². The third kappa shape index (κ3) is 1.34. The van der Waals surface area contributed by atoms with Crippen molar-refractivity contribution in [2.75, 3.05) is 5.32 Å². The second-order valence-corrected chi connectivity index (χ2v) is 3.90. The highest BCUT2D eigenvalue weighted by Gasteiger charge is 2.15. The molecule has 0 unspecified atom stereocenters. The molecule has 0 bridgehead atoms. The first-order chi connectivity index (χ1) is 7.34. The van der Waals surface area contributed by atoms with Crippen LogP contribution in [-0.4, -0.2) is 14.5 Å². The molecule has 2 aromatic rings. The fraction of sp³-hybridized carbons (Fsp3) is 0.0909. The van der Waals surface area contributed by atoms with E-state index in [0.717, 1.165) is 18.1 Å². The SMILES string of the molecule is S=C1Nc2ccccc2Cn2ccnc21. The van der Waals surface area contributed by atoms with Gasteiger partial charge in [0.05, 0.1) is 6.54 Å². The second kappa shape index (κ2) is 3.17. The number of hydrogen-bond donors (Lipinski definition) is 1. The van der Waals surface area contributed by atoms with Gasteiger partial charge >= 0.3 is 0 Å². The van der Waals surface area contributed by atoms with Gasteiger partial charge in [-0.25, -0.2) is 4.98 Å². The number of para-hydroxylation sites is 1. The maximum absolute atomic E-state index is 5.28. The van der Waals surface area contributed by atoms with Crippen LogP contribution < -0.4 is 5.32 Å². The minimum Gasteiger partial charge on any atom is -0.343 e. The number of fused-ring (bicyclic) bond motifs is 2. The van der Waals surface area contributed by atoms with E-state index in [2.05, 4.69) is 20.9 Å². The Morgan fingerprint density at radius 2 is 2.20 bits per heavy atom. The van der Waals surface area contributed by atoms with E-state index in [-0.39, 0.29) is 0 Å². The molecular formula is C11H9N3S. The van der Waals surface area contributed by atoms with Gasteiger partial charge in [0.1, 0.15) is 4.99 Å². The van der Waals surface area contributed by atoms with E-state index >= 15 is 0 Å². The summed E-state index contributed by atoms with van der Waals surface area (Å²) < 4.78 is 2.06. The Labute approximate surface area is 92.8 Å². The minimum atomic E-state index is 0.685. The summed E-state index contributed by atoms with van der Waals surface area (Å²) in [7, 11) is 0. The standard InChI is InChI=1S/C11H9N3S/c15-11-10-12-5-6-14(10)7-8-3-1-2-4-9(8)13-11/h1-6H,7H2,(H,13,15). The van der Waals surface area contributed by atoms with Gasteiger partial charge in [-0.05, 0) is 11.6 Å². The molecule has 0 radical (unpaired) electrons. The van der Waals surface area contributed by atoms with Gasteiger partial charge in [-0.1, -0.05) is 30.4 Å². The lowest BCUT2D eigenvalue weighted by Gasteiger charge is -2.05. The Morgan fingerprint density at radius 3 is 3.13 bits per heavy atom. The number of aromatic nitrogens is 2. The maximum atomic E-state index is 5.28. The lowest BCUT2D eigenvalue weighted by Crippen LogP contribution is -2.13. The number of nitrogens with zero attached hydrogens (tertiary/aromatic N) is 2. The van der Waals surface area contributed by atoms with Crippen LogP contribution in [0.4, 0.5) is 5.69 Å². The molecule has 2 heterocycles. The smallest absolute Gasteiger partial charge is 0.168 e. The average molecular weight is 215 g/mol. The molecule has 0 aliphatic carbocycles. The number of thiocarbonyl (C=S) groups is 1. The fourth-order valence-electron chi connectivity index (χ4n) is 1.79. The molecule has 1 aromatic carbocycles. The molecule has 1 aliphatic rings. The molecule has 4 heteroatoms. The first kappa shape index (κ1) is 8.61. The van der Waals surface area contributed by atoms with Crippen LogP contribution in [0.1, 0.15) is 11.4 Å². The van der Waals surface area contributed by atoms with Gasteiger partial charge in [-0.3, -0.25) is 0 Å². The largest absolute Gasteiger partial charge is 0.343 e. The maximum Gasteiger partial charge on any atom is 0.168 e. The highest BCUT2D eigenvalue weighted by molar-refractivity contribution is 7.81. The summed E-state index contributed by atoms with van der Waals surface area (Å²) in [5.74, 6) is 0.834. The fourth-order valence-corrected chi connectivity index (χ4v) is 2.07. The zero-order valence-electron chi connectivity index (χ0n) is 7.97. The first-order valence-electron chi connectivity index (χ1n) is 4.75. The van der Waals surface area contributed by atoms with E-state index in [4.69, 9.17) is 12.2 Å². The topological polar surface area (TPSA) is 29.9 Å². The van der Waals surface area contributed by atoms with Gasteiger partial charge in [0.25, 0.3) is 0 Å². The van der Waals surface area contributed by atoms with E-state index in [1.165, 1.54) is 5.56 Å². The minimum absolute atomic E-state index is 0.685. The molecule has 0 fully saturated rings. The van der Waals surface area contributed by atoms with Gasteiger partial charge in [0.2, 0.25) is 0 Å². The highest BCUT2D eigenvalue weighted by Crippen LogP contribution is 2.21. The molecule has 1 aliphatic heterocycles. The molecule has 15 heavy (non-hydrogen) atoms. The average Bonchev–Trinajstić information content (AvgIpc) is 2.64. The van der Waals surface area contributed by atoms with E-state index in [0.29, 0.717) is 4.99 Å². The van der Waals surface area contributed by atoms with Crippen LogP contribution in [0.25, 0.3) is 0 Å². The summed E-state index contributed by atoms with van der Waals surface area (Å²) in [6.07, 6.45) is 3.72. The van der Waals surface area contributed by atoms with Crippen LogP contribution >= 0.6 is 12.2 Å². The van der Waals surface area contributed by atoms with Gasteiger partial charge in [0, 0.05) is 18.1 Å². The Kier molecular flexibility index (Phi) is 1.82. The van der Waals surface area contributed by atoms with E-state index in [9.17, 15) is 0 Å². The molecule has 3 rings (SSSR count). The molecule has 3 nitrogen and oxygen atoms in total. The lowest BCUT2D eigenvalue weighted by molar-refractivity contribution is 0.796. The summed E-state index contributed by atoms with van der Waals surface area (Å²) in [6.45, 7) is 0.818. The van der Waals surface area contributed by atoms with Gasteiger partial charge in [0.15, 0.2) is 5.82 Å². The highest BCUT2D eigenvalue weighted by atomic mass is 32.1. The van der Waals surface area contributed by atoms with Crippen LogP contribution in [0.2, 0.25) is 0 Å². The predicted molar refractivity (Wildman–Crippen MR) is 63.1 cm³/mol. The zero-order chi connectivity index (χ0) is 10.3. The summed E-state index contributed by atoms with van der Waals surface area (Å²) in [4.78, 5) is 4.93. The van der Waals surface area contributed by atoms with Gasteiger partial charge in [-0.2, -0.15) is 0 Å². The van der Waals surface area contributed by atoms with Crippen LogP contribution in [0.5, 0.6) is 0 Å². The van der Waals surface area contributed by atoms with Crippen molar-refractivity contribution < 1.29 is 0 Å². The Bertz CT molecular complexity index is 530. The molecule has 0 spiro atoms. The number of hydrogen-bond acceptors (Lipinski definition) is 2. The van der Waals surface area contributed by atoms with Crippen LogP contribution in [0, 0.1) is 0 Å². The Morgan fingerprint density at radius 1 is 1.33 bits per heavy atom. The summed E-state index contributed by atoms with van der Waals surface area (Å²) in [5, 5.41) is 3.21. The van der Waals surface area contributed by atoms with E-state index in [1.54, 1.807) is 6.20 Å². The molecule has 0 atom stereocenters. The molecule has 74 valence electrons. The van der Waals surface area contributed by atoms with Crippen molar-refractivity contribution >= 4 is 22.9 Å². The third-order valence-electron chi connectivity index (χ3n) is 2.52. The molecular weight excluding hydrogens is 206 g/mol. The predicted octanol–water partition coefficient (Wildman–Crippen LogP) is 2.03. The Hall–Kier alpha value is -1.68. The molecule has 0 saturated carbocycles. The van der Waals surface area contributed by atoms with Crippen molar-refractivity contribution in [3.63, 3.8) is 0 Å². The summed E-state index contributed by atoms with van der Waals surface area (Å²) in [5.41, 5.74) is 2.31. The number of rotatable bonds is 0. The normalized spacial score (nSPS) is 13.7. The molecule has 0 saturated heterocycles. The van der Waals surface area contributed by atoms with E-state index in [1.807, 2.05) is 24.4 Å². The summed E-state index contributed by atoms with van der Waals surface area (Å²) >= 11 is 5.28. The van der Waals surface area contributed by atoms with Gasteiger partial charge < -0.3 is 9.88 Å². The van der Waals surface area contributed by atoms with Crippen molar-refractivity contribution in [2.24, 2.45) is 0 Å². The third-order valence-corrected chi connectivity index (χ3v) is 2.81. The molecule has 0 amide bonds. The number of nitrogens with one attached hydrogen (secondary N) is 1. The number of imidazole rings is 1. The Balaban J connectivity index is 2.18. The second-order valence-electron chi connectivity index (χ2n) is 3.49. The van der Waals surface area contributed by atoms with Gasteiger partial charge in [-0.15, -0.1) is 0 Å². The van der Waals surface area contributed by atoms with Crippen molar-refractivity contribution in [3.8, 4) is 0 Å². The number of benzene rings is 1. The quantitative estimate of drug-likeness (QED) is 0.682. The molecule has 1 N–H and O–H groups in total. The van der Waals surface area contributed by atoms with E-state index < -0.39 is 0 Å². The van der Waals surface area contributed by atoms with Crippen molar-refractivity contribution in [1.29, 1.82) is 0 Å². The van der Waals surface area contributed by atoms with Crippen molar-refractivity contribution in [3.05, 3.63) is 48.0 Å². The van der Waals surface area contributed by atoms with Crippen molar-refractivity contribution in [1.82, 2.24) is 9.55 Å². The number of anilines is 1. The summed E-state index contributed by atoms with van der Waals surface area (Å²) in [6, 6.07) is 8.17. The molecule has 1 aromatic heterocycles. The van der Waals surface area contributed by atoms with Crippen molar-refractivity contribution in [2.45, 2.75) is 6.54 Å². The monoisotopic (exact) mass is 215 g/mol. The first-order valence-corrected chi connectivity index (χ1v) is 5.16. The zero-order valence-corrected chi connectivity index (χ0v) is 8.79.